The minimum Gasteiger partial charge on any atom is -0.479 e. The number of carbonyl (C=O) groups is 2. The van der Waals surface area contributed by atoms with Crippen molar-refractivity contribution < 1.29 is 38.8 Å². The number of hydrogen-bond acceptors (Lipinski definition) is 9. The van der Waals surface area contributed by atoms with E-state index in [0.29, 0.717) is 5.56 Å². The van der Waals surface area contributed by atoms with Gasteiger partial charge in [-0.15, -0.1) is 0 Å². The Kier molecular flexibility index (Phi) is 7.38. The average molecular weight is 572 g/mol. The van der Waals surface area contributed by atoms with Crippen LogP contribution in [0.2, 0.25) is 5.28 Å². The van der Waals surface area contributed by atoms with Gasteiger partial charge in [-0.3, -0.25) is 4.57 Å². The summed E-state index contributed by atoms with van der Waals surface area (Å²) in [5.74, 6) is -3.59. The van der Waals surface area contributed by atoms with Crippen molar-refractivity contribution in [2.24, 2.45) is 0 Å². The maximum Gasteiger partial charge on any atom is 0.348 e. The van der Waals surface area contributed by atoms with E-state index in [4.69, 9.17) is 26.8 Å². The quantitative estimate of drug-likeness (QED) is 0.171. The van der Waals surface area contributed by atoms with Crippen molar-refractivity contribution in [3.63, 3.8) is 0 Å². The Balaban J connectivity index is 1.35. The van der Waals surface area contributed by atoms with E-state index in [9.17, 15) is 24.9 Å². The number of aliphatic hydroxyl groups is 1. The number of aliphatic hydroxyl groups excluding tert-OH is 1. The average Bonchev–Trinajstić information content (AvgIpc) is 3.47. The molecule has 0 aliphatic carbocycles. The Labute approximate surface area is 230 Å². The van der Waals surface area contributed by atoms with Gasteiger partial charge < -0.3 is 30.5 Å². The first-order valence-corrected chi connectivity index (χ1v) is 12.4. The van der Waals surface area contributed by atoms with Crippen LogP contribution >= 0.6 is 11.6 Å². The number of rotatable bonds is 9. The number of fused-ring (bicyclic) bond motifs is 1. The van der Waals surface area contributed by atoms with Crippen LogP contribution in [0.5, 0.6) is 0 Å². The summed E-state index contributed by atoms with van der Waals surface area (Å²) in [6.07, 6.45) is -6.08. The van der Waals surface area contributed by atoms with E-state index in [0.717, 1.165) is 15.7 Å². The first kappa shape index (κ1) is 27.4. The van der Waals surface area contributed by atoms with Crippen LogP contribution in [0.4, 0.5) is 10.2 Å². The molecule has 0 unspecified atom stereocenters. The minimum absolute atomic E-state index is 0.0447. The molecule has 5 rings (SSSR count). The minimum atomic E-state index is -2.74. The second kappa shape index (κ2) is 10.8. The number of halogens is 2. The molecule has 208 valence electrons. The van der Waals surface area contributed by atoms with Gasteiger partial charge in [0.1, 0.15) is 17.7 Å². The van der Waals surface area contributed by atoms with E-state index >= 15 is 4.39 Å². The van der Waals surface area contributed by atoms with E-state index in [1.54, 1.807) is 24.3 Å². The second-order valence-corrected chi connectivity index (χ2v) is 9.53. The van der Waals surface area contributed by atoms with Gasteiger partial charge in [-0.2, -0.15) is 9.97 Å². The summed E-state index contributed by atoms with van der Waals surface area (Å²) in [5, 5.41) is 30.1. The molecule has 0 amide bonds. The lowest BCUT2D eigenvalue weighted by atomic mass is 9.93. The van der Waals surface area contributed by atoms with Gasteiger partial charge in [0.25, 0.3) is 5.60 Å². The summed E-state index contributed by atoms with van der Waals surface area (Å²) < 4.78 is 27.4. The number of nitrogen functional groups attached to an aromatic ring is 1. The molecule has 40 heavy (non-hydrogen) atoms. The number of nitrogens with zero attached hydrogens (tertiary/aromatic N) is 4. The highest BCUT2D eigenvalue weighted by atomic mass is 35.5. The molecule has 0 bridgehead atoms. The Bertz CT molecular complexity index is 1540. The normalized spacial score (nSPS) is 21.1. The second-order valence-electron chi connectivity index (χ2n) is 9.19. The number of aliphatic carboxylic acids is 2. The number of carboxylic acids is 2. The van der Waals surface area contributed by atoms with Gasteiger partial charge in [0.2, 0.25) is 5.28 Å². The number of carboxylic acid groups (broad SMARTS) is 2. The van der Waals surface area contributed by atoms with Crippen LogP contribution in [-0.4, -0.2) is 77.4 Å². The molecule has 2 aromatic carbocycles. The van der Waals surface area contributed by atoms with Crippen molar-refractivity contribution in [3.05, 3.63) is 71.8 Å². The van der Waals surface area contributed by atoms with Crippen molar-refractivity contribution in [1.82, 2.24) is 19.5 Å². The molecule has 1 fully saturated rings. The van der Waals surface area contributed by atoms with E-state index in [1.807, 2.05) is 30.3 Å². The molecule has 4 aromatic rings. The van der Waals surface area contributed by atoms with E-state index in [-0.39, 0.29) is 22.3 Å². The molecular weight excluding hydrogens is 549 g/mol. The van der Waals surface area contributed by atoms with Gasteiger partial charge in [-0.25, -0.2) is 19.0 Å². The number of alkyl halides is 1. The molecule has 2 aromatic heterocycles. The van der Waals surface area contributed by atoms with E-state index < -0.39 is 55.2 Å². The first-order chi connectivity index (χ1) is 19.1. The zero-order chi connectivity index (χ0) is 28.6. The van der Waals surface area contributed by atoms with E-state index in [1.165, 1.54) is 6.33 Å². The van der Waals surface area contributed by atoms with Gasteiger partial charge in [-0.05, 0) is 28.3 Å². The molecule has 14 heteroatoms. The lowest BCUT2D eigenvalue weighted by Gasteiger charge is -2.27. The van der Waals surface area contributed by atoms with Crippen molar-refractivity contribution in [1.29, 1.82) is 0 Å². The fraction of sp³-hybridized carbons (Fsp3) is 0.269. The molecule has 4 atom stereocenters. The van der Waals surface area contributed by atoms with Gasteiger partial charge in [0.15, 0.2) is 23.9 Å². The molecule has 0 spiro atoms. The molecule has 5 N–H and O–H groups in total. The predicted molar refractivity (Wildman–Crippen MR) is 139 cm³/mol. The molecular formula is C26H23ClFN5O7. The largest absolute Gasteiger partial charge is 0.479 e. The van der Waals surface area contributed by atoms with Gasteiger partial charge in [0, 0.05) is 6.42 Å². The highest BCUT2D eigenvalue weighted by Gasteiger charge is 2.52. The smallest absolute Gasteiger partial charge is 0.348 e. The first-order valence-electron chi connectivity index (χ1n) is 12.0. The molecule has 1 aliphatic rings. The van der Waals surface area contributed by atoms with Crippen LogP contribution in [0, 0.1) is 0 Å². The Hall–Kier alpha value is -4.17. The fourth-order valence-electron chi connectivity index (χ4n) is 4.54. The summed E-state index contributed by atoms with van der Waals surface area (Å²) in [5.41, 5.74) is 5.37. The zero-order valence-corrected chi connectivity index (χ0v) is 21.3. The lowest BCUT2D eigenvalue weighted by molar-refractivity contribution is -0.190. The molecule has 0 saturated carbocycles. The molecule has 3 heterocycles. The third-order valence-electron chi connectivity index (χ3n) is 6.69. The van der Waals surface area contributed by atoms with E-state index in [2.05, 4.69) is 15.0 Å². The van der Waals surface area contributed by atoms with Crippen molar-refractivity contribution in [3.8, 4) is 11.1 Å². The van der Waals surface area contributed by atoms with Gasteiger partial charge in [0.05, 0.1) is 12.9 Å². The van der Waals surface area contributed by atoms with Crippen LogP contribution in [0.25, 0.3) is 22.3 Å². The number of imidazole rings is 1. The number of benzene rings is 2. The van der Waals surface area contributed by atoms with Gasteiger partial charge >= 0.3 is 11.9 Å². The number of nitrogens with two attached hydrogens (primary N) is 1. The molecule has 0 radical (unpaired) electrons. The van der Waals surface area contributed by atoms with Crippen LogP contribution in [0.1, 0.15) is 11.8 Å². The maximum atomic E-state index is 15.2. The lowest BCUT2D eigenvalue weighted by Crippen LogP contribution is -2.52. The SMILES string of the molecule is Nc1nc(Cl)nc2c1ncn2[C@@H]1O[C@H](COC(Cc2ccc(-c3ccccc3)cc2)(C(=O)O)C(=O)O)[C@@H](O)[C@@H]1F. The zero-order valence-electron chi connectivity index (χ0n) is 20.6. The number of ether oxygens (including phenoxy) is 2. The Morgan fingerprint density at radius 2 is 1.73 bits per heavy atom. The highest BCUT2D eigenvalue weighted by molar-refractivity contribution is 6.28. The fourth-order valence-corrected chi connectivity index (χ4v) is 4.71. The van der Waals surface area contributed by atoms with Crippen LogP contribution in [-0.2, 0) is 25.5 Å². The summed E-state index contributed by atoms with van der Waals surface area (Å²) >= 11 is 5.86. The highest BCUT2D eigenvalue weighted by Crippen LogP contribution is 2.35. The third kappa shape index (κ3) is 4.95. The van der Waals surface area contributed by atoms with Crippen molar-refractivity contribution in [2.75, 3.05) is 12.3 Å². The topological polar surface area (TPSA) is 183 Å². The Morgan fingerprint density at radius 1 is 1.07 bits per heavy atom. The predicted octanol–water partition coefficient (Wildman–Crippen LogP) is 2.49. The molecule has 1 saturated heterocycles. The summed E-state index contributed by atoms with van der Waals surface area (Å²) in [7, 11) is 0. The Morgan fingerprint density at radius 3 is 2.38 bits per heavy atom. The summed E-state index contributed by atoms with van der Waals surface area (Å²) in [6.45, 7) is -0.747. The van der Waals surface area contributed by atoms with Crippen molar-refractivity contribution in [2.45, 2.75) is 36.6 Å². The third-order valence-corrected chi connectivity index (χ3v) is 6.86. The number of anilines is 1. The summed E-state index contributed by atoms with van der Waals surface area (Å²) in [6, 6.07) is 16.1. The van der Waals surface area contributed by atoms with Crippen LogP contribution in [0.3, 0.4) is 0 Å². The standard InChI is InChI=1S/C26H23ClFN5O7/c27-25-31-20(29)18-21(32-25)33(12-30-18)22-17(28)19(34)16(40-22)11-39-26(23(35)36,24(37)38)10-13-6-8-15(9-7-13)14-4-2-1-3-5-14/h1-9,12,16-17,19,22,34H,10-11H2,(H,35,36)(H,37,38)(H2,29,31,32)/t16-,17+,19-,22-/m1/s1. The summed E-state index contributed by atoms with van der Waals surface area (Å²) in [4.78, 5) is 36.3. The maximum absolute atomic E-state index is 15.2. The number of hydrogen-bond donors (Lipinski definition) is 4. The monoisotopic (exact) mass is 571 g/mol. The number of aromatic nitrogens is 4. The molecule has 1 aliphatic heterocycles. The van der Waals surface area contributed by atoms with Crippen molar-refractivity contribution >= 4 is 40.5 Å². The van der Waals surface area contributed by atoms with Crippen LogP contribution < -0.4 is 5.73 Å². The van der Waals surface area contributed by atoms with Gasteiger partial charge in [-0.1, -0.05) is 54.6 Å². The molecule has 12 nitrogen and oxygen atoms in total. The van der Waals surface area contributed by atoms with Crippen LogP contribution in [0.15, 0.2) is 60.9 Å².